The van der Waals surface area contributed by atoms with E-state index in [1.165, 1.54) is 12.1 Å². The molecule has 4 rings (SSSR count). The molecule has 1 aliphatic carbocycles. The van der Waals surface area contributed by atoms with E-state index < -0.39 is 0 Å². The molecule has 1 atom stereocenters. The second-order valence-electron chi connectivity index (χ2n) is 7.19. The summed E-state index contributed by atoms with van der Waals surface area (Å²) < 4.78 is 24.1. The standard InChI is InChI=1S/C21H22FNO3/c1-25-18-6-7-19-14(11-18)10-15(12-26-19)20(24)23-13-21(8-9-21)16-2-4-17(22)5-3-16/h2-7,11,15H,8-10,12-13H2,1H3,(H,23,24). The number of carbonyl (C=O) groups is 1. The molecule has 0 spiro atoms. The Bertz CT molecular complexity index is 815. The monoisotopic (exact) mass is 355 g/mol. The number of nitrogens with one attached hydrogen (secondary N) is 1. The lowest BCUT2D eigenvalue weighted by Crippen LogP contribution is -2.40. The highest BCUT2D eigenvalue weighted by molar-refractivity contribution is 5.79. The molecule has 26 heavy (non-hydrogen) atoms. The van der Waals surface area contributed by atoms with Crippen molar-refractivity contribution in [3.63, 3.8) is 0 Å². The molecule has 1 N–H and O–H groups in total. The molecule has 1 unspecified atom stereocenters. The van der Waals surface area contributed by atoms with E-state index in [4.69, 9.17) is 9.47 Å². The molecule has 1 heterocycles. The summed E-state index contributed by atoms with van der Waals surface area (Å²) in [5, 5.41) is 3.08. The van der Waals surface area contributed by atoms with Gasteiger partial charge in [-0.2, -0.15) is 0 Å². The van der Waals surface area contributed by atoms with Crippen LogP contribution in [-0.2, 0) is 16.6 Å². The van der Waals surface area contributed by atoms with Crippen LogP contribution in [0.1, 0.15) is 24.0 Å². The molecule has 5 heteroatoms. The average molecular weight is 355 g/mol. The molecule has 1 saturated carbocycles. The highest BCUT2D eigenvalue weighted by atomic mass is 19.1. The van der Waals surface area contributed by atoms with E-state index in [2.05, 4.69) is 5.32 Å². The van der Waals surface area contributed by atoms with Crippen molar-refractivity contribution in [3.05, 3.63) is 59.4 Å². The predicted molar refractivity (Wildman–Crippen MR) is 96.0 cm³/mol. The van der Waals surface area contributed by atoms with Crippen LogP contribution in [0.15, 0.2) is 42.5 Å². The lowest BCUT2D eigenvalue weighted by Gasteiger charge is -2.26. The Morgan fingerprint density at radius 1 is 1.27 bits per heavy atom. The van der Waals surface area contributed by atoms with Crippen molar-refractivity contribution >= 4 is 5.91 Å². The summed E-state index contributed by atoms with van der Waals surface area (Å²) in [4.78, 5) is 12.6. The first kappa shape index (κ1) is 16.9. The van der Waals surface area contributed by atoms with Gasteiger partial charge in [0.2, 0.25) is 5.91 Å². The van der Waals surface area contributed by atoms with Crippen LogP contribution >= 0.6 is 0 Å². The molecular formula is C21H22FNO3. The van der Waals surface area contributed by atoms with Crippen molar-refractivity contribution in [2.75, 3.05) is 20.3 Å². The summed E-state index contributed by atoms with van der Waals surface area (Å²) in [5.41, 5.74) is 2.05. The van der Waals surface area contributed by atoms with Gasteiger partial charge in [0.15, 0.2) is 0 Å². The van der Waals surface area contributed by atoms with E-state index in [9.17, 15) is 9.18 Å². The van der Waals surface area contributed by atoms with Crippen molar-refractivity contribution < 1.29 is 18.7 Å². The first-order chi connectivity index (χ1) is 12.6. The van der Waals surface area contributed by atoms with E-state index in [-0.39, 0.29) is 23.1 Å². The Morgan fingerprint density at radius 3 is 2.73 bits per heavy atom. The number of hydrogen-bond acceptors (Lipinski definition) is 3. The van der Waals surface area contributed by atoms with Crippen molar-refractivity contribution in [3.8, 4) is 11.5 Å². The molecule has 0 aromatic heterocycles. The van der Waals surface area contributed by atoms with E-state index in [0.29, 0.717) is 19.6 Å². The SMILES string of the molecule is COc1ccc2c(c1)CC(C(=O)NCC1(c3ccc(F)cc3)CC1)CO2. The summed E-state index contributed by atoms with van der Waals surface area (Å²) in [6.45, 7) is 0.966. The van der Waals surface area contributed by atoms with Gasteiger partial charge in [-0.05, 0) is 60.7 Å². The zero-order chi connectivity index (χ0) is 18.1. The van der Waals surface area contributed by atoms with Crippen molar-refractivity contribution in [2.45, 2.75) is 24.7 Å². The number of carbonyl (C=O) groups excluding carboxylic acids is 1. The molecule has 4 nitrogen and oxygen atoms in total. The van der Waals surface area contributed by atoms with E-state index >= 15 is 0 Å². The minimum absolute atomic E-state index is 0.00635. The molecular weight excluding hydrogens is 333 g/mol. The topological polar surface area (TPSA) is 47.6 Å². The zero-order valence-electron chi connectivity index (χ0n) is 14.8. The van der Waals surface area contributed by atoms with Crippen LogP contribution in [0, 0.1) is 11.7 Å². The molecule has 2 aromatic carbocycles. The molecule has 0 bridgehead atoms. The van der Waals surface area contributed by atoms with Gasteiger partial charge in [0, 0.05) is 12.0 Å². The second-order valence-corrected chi connectivity index (χ2v) is 7.19. The summed E-state index contributed by atoms with van der Waals surface area (Å²) in [6.07, 6.45) is 2.67. The minimum atomic E-state index is -0.234. The number of hydrogen-bond donors (Lipinski definition) is 1. The van der Waals surface area contributed by atoms with Gasteiger partial charge in [0.1, 0.15) is 23.9 Å². The number of amides is 1. The van der Waals surface area contributed by atoms with Gasteiger partial charge in [-0.1, -0.05) is 12.1 Å². The Hall–Kier alpha value is -2.56. The van der Waals surface area contributed by atoms with Crippen LogP contribution in [0.25, 0.3) is 0 Å². The fraction of sp³-hybridized carbons (Fsp3) is 0.381. The van der Waals surface area contributed by atoms with Gasteiger partial charge in [-0.3, -0.25) is 4.79 Å². The van der Waals surface area contributed by atoms with Crippen LogP contribution in [0.4, 0.5) is 4.39 Å². The van der Waals surface area contributed by atoms with Crippen molar-refractivity contribution in [1.82, 2.24) is 5.32 Å². The Kier molecular flexibility index (Phi) is 4.31. The third-order valence-corrected chi connectivity index (χ3v) is 5.46. The Morgan fingerprint density at radius 2 is 2.04 bits per heavy atom. The van der Waals surface area contributed by atoms with Crippen LogP contribution in [0.2, 0.25) is 0 Å². The quantitative estimate of drug-likeness (QED) is 0.896. The average Bonchev–Trinajstić information content (AvgIpc) is 3.47. The number of methoxy groups -OCH3 is 1. The molecule has 0 saturated heterocycles. The first-order valence-corrected chi connectivity index (χ1v) is 8.93. The normalized spacial score (nSPS) is 19.8. The summed E-state index contributed by atoms with van der Waals surface area (Å²) >= 11 is 0. The van der Waals surface area contributed by atoms with Crippen molar-refractivity contribution in [1.29, 1.82) is 0 Å². The fourth-order valence-electron chi connectivity index (χ4n) is 3.59. The molecule has 2 aromatic rings. The molecule has 1 aliphatic heterocycles. The summed E-state index contributed by atoms with van der Waals surface area (Å²) in [6, 6.07) is 12.3. The Labute approximate surface area is 152 Å². The summed E-state index contributed by atoms with van der Waals surface area (Å²) in [7, 11) is 1.63. The van der Waals surface area contributed by atoms with Crippen LogP contribution in [0.3, 0.4) is 0 Å². The number of benzene rings is 2. The smallest absolute Gasteiger partial charge is 0.226 e. The third-order valence-electron chi connectivity index (χ3n) is 5.46. The lowest BCUT2D eigenvalue weighted by atomic mass is 9.93. The number of halogens is 1. The van der Waals surface area contributed by atoms with Gasteiger partial charge >= 0.3 is 0 Å². The minimum Gasteiger partial charge on any atom is -0.497 e. The number of ether oxygens (including phenoxy) is 2. The maximum Gasteiger partial charge on any atom is 0.226 e. The number of rotatable bonds is 5. The zero-order valence-corrected chi connectivity index (χ0v) is 14.8. The highest BCUT2D eigenvalue weighted by Gasteiger charge is 2.44. The van der Waals surface area contributed by atoms with E-state index in [1.807, 2.05) is 30.3 Å². The number of fused-ring (bicyclic) bond motifs is 1. The lowest BCUT2D eigenvalue weighted by molar-refractivity contribution is -0.126. The maximum absolute atomic E-state index is 13.1. The largest absolute Gasteiger partial charge is 0.497 e. The highest BCUT2D eigenvalue weighted by Crippen LogP contribution is 2.47. The first-order valence-electron chi connectivity index (χ1n) is 8.93. The Balaban J connectivity index is 1.39. The maximum atomic E-state index is 13.1. The molecule has 1 amide bonds. The molecule has 1 fully saturated rings. The van der Waals surface area contributed by atoms with Gasteiger partial charge in [0.25, 0.3) is 0 Å². The van der Waals surface area contributed by atoms with E-state index in [0.717, 1.165) is 35.5 Å². The van der Waals surface area contributed by atoms with Crippen LogP contribution < -0.4 is 14.8 Å². The molecule has 0 radical (unpaired) electrons. The van der Waals surface area contributed by atoms with Crippen molar-refractivity contribution in [2.24, 2.45) is 5.92 Å². The van der Waals surface area contributed by atoms with Gasteiger partial charge in [-0.25, -0.2) is 4.39 Å². The van der Waals surface area contributed by atoms with Crippen LogP contribution in [0.5, 0.6) is 11.5 Å². The third kappa shape index (κ3) is 3.26. The second kappa shape index (κ2) is 6.63. The van der Waals surface area contributed by atoms with Gasteiger partial charge in [-0.15, -0.1) is 0 Å². The molecule has 136 valence electrons. The summed E-state index contributed by atoms with van der Waals surface area (Å²) in [5.74, 6) is 1.15. The van der Waals surface area contributed by atoms with E-state index in [1.54, 1.807) is 7.11 Å². The van der Waals surface area contributed by atoms with Gasteiger partial charge in [0.05, 0.1) is 13.0 Å². The van der Waals surface area contributed by atoms with Crippen LogP contribution in [-0.4, -0.2) is 26.2 Å². The fourth-order valence-corrected chi connectivity index (χ4v) is 3.59. The van der Waals surface area contributed by atoms with Gasteiger partial charge < -0.3 is 14.8 Å². The molecule has 2 aliphatic rings. The predicted octanol–water partition coefficient (Wildman–Crippen LogP) is 3.23.